The smallest absolute Gasteiger partial charge is 0.118 e. The van der Waals surface area contributed by atoms with Crippen LogP contribution in [0, 0.1) is 0 Å². The van der Waals surface area contributed by atoms with Gasteiger partial charge in [0.05, 0.1) is 0 Å². The van der Waals surface area contributed by atoms with E-state index in [-0.39, 0.29) is 0 Å². The molecule has 78 valence electrons. The predicted molar refractivity (Wildman–Crippen MR) is 65.0 cm³/mol. The average molecular weight is 190 g/mol. The molecule has 2 bridgehead atoms. The zero-order chi connectivity index (χ0) is 9.80. The van der Waals surface area contributed by atoms with E-state index >= 15 is 0 Å². The summed E-state index contributed by atoms with van der Waals surface area (Å²) >= 11 is 0. The number of fused-ring (bicyclic) bond motifs is 2. The summed E-state index contributed by atoms with van der Waals surface area (Å²) in [5.41, 5.74) is 0. The monoisotopic (exact) mass is 190 g/mol. The summed E-state index contributed by atoms with van der Waals surface area (Å²) in [6, 6.07) is 0. The van der Waals surface area contributed by atoms with Crippen LogP contribution in [0.3, 0.4) is 0 Å². The summed E-state index contributed by atoms with van der Waals surface area (Å²) in [4.78, 5) is 0. The highest BCUT2D eigenvalue weighted by atomic mass is 14.2. The maximum absolute atomic E-state index is 2.57. The summed E-state index contributed by atoms with van der Waals surface area (Å²) in [7, 11) is 0. The molecule has 2 aliphatic heterocycles. The van der Waals surface area contributed by atoms with Gasteiger partial charge in [0, 0.05) is 0 Å². The molecule has 1 heteroatoms. The van der Waals surface area contributed by atoms with Crippen LogP contribution < -0.4 is 0 Å². The Morgan fingerprint density at radius 2 is 1.64 bits per heavy atom. The molecule has 2 heterocycles. The Morgan fingerprint density at radius 1 is 1.07 bits per heavy atom. The van der Waals surface area contributed by atoms with Crippen molar-refractivity contribution in [2.75, 3.05) is 0 Å². The molecule has 0 atom stereocenters. The molecule has 0 aliphatic carbocycles. The fraction of sp³-hybridized carbons (Fsp3) is 0.846. The van der Waals surface area contributed by atoms with Crippen molar-refractivity contribution in [1.82, 2.24) is 0 Å². The molecule has 2 rings (SSSR count). The van der Waals surface area contributed by atoms with Crippen molar-refractivity contribution >= 4 is 6.71 Å². The third kappa shape index (κ3) is 2.24. The van der Waals surface area contributed by atoms with E-state index in [2.05, 4.69) is 19.0 Å². The van der Waals surface area contributed by atoms with Crippen molar-refractivity contribution in [2.24, 2.45) is 0 Å². The number of allylic oxidation sites excluding steroid dienone is 1. The summed E-state index contributed by atoms with van der Waals surface area (Å²) < 4.78 is 0. The summed E-state index contributed by atoms with van der Waals surface area (Å²) in [5, 5.41) is 0. The molecule has 0 aromatic rings. The second kappa shape index (κ2) is 5.05. The van der Waals surface area contributed by atoms with Gasteiger partial charge in [-0.15, -0.1) is 5.98 Å². The summed E-state index contributed by atoms with van der Waals surface area (Å²) in [6.07, 6.45) is 14.1. The number of rotatable bonds is 3. The Kier molecular flexibility index (Phi) is 3.72. The fourth-order valence-corrected chi connectivity index (χ4v) is 3.46. The first-order valence-electron chi connectivity index (χ1n) is 6.58. The zero-order valence-corrected chi connectivity index (χ0v) is 9.54. The van der Waals surface area contributed by atoms with Gasteiger partial charge in [-0.05, 0) is 6.42 Å². The normalized spacial score (nSPS) is 32.5. The minimum absolute atomic E-state index is 0.962. The van der Waals surface area contributed by atoms with Crippen molar-refractivity contribution in [3.05, 3.63) is 12.1 Å². The van der Waals surface area contributed by atoms with Gasteiger partial charge in [-0.2, -0.15) is 0 Å². The highest BCUT2D eigenvalue weighted by molar-refractivity contribution is 6.67. The molecule has 2 fully saturated rings. The number of unbranched alkanes of at least 4 members (excludes halogenated alkanes) is 1. The Morgan fingerprint density at radius 3 is 2.14 bits per heavy atom. The lowest BCUT2D eigenvalue weighted by Gasteiger charge is -2.39. The van der Waals surface area contributed by atoms with Crippen molar-refractivity contribution in [3.8, 4) is 0 Å². The second-order valence-electron chi connectivity index (χ2n) is 5.18. The van der Waals surface area contributed by atoms with Gasteiger partial charge in [0.25, 0.3) is 0 Å². The molecule has 14 heavy (non-hydrogen) atoms. The summed E-state index contributed by atoms with van der Waals surface area (Å²) in [5.74, 6) is 4.67. The van der Waals surface area contributed by atoms with Gasteiger partial charge in [-0.3, -0.25) is 0 Å². The van der Waals surface area contributed by atoms with Crippen LogP contribution >= 0.6 is 0 Å². The molecule has 0 nitrogen and oxygen atoms in total. The van der Waals surface area contributed by atoms with Crippen LogP contribution in [-0.2, 0) is 0 Å². The Hall–Kier alpha value is -0.195. The SMILES string of the molecule is CCC/C=C/B1C2CCCC1CCC2. The molecular weight excluding hydrogens is 167 g/mol. The molecule has 0 N–H and O–H groups in total. The molecule has 2 saturated heterocycles. The van der Waals surface area contributed by atoms with Gasteiger partial charge < -0.3 is 0 Å². The van der Waals surface area contributed by atoms with E-state index in [0.717, 1.165) is 18.3 Å². The molecule has 0 aromatic carbocycles. The topological polar surface area (TPSA) is 0 Å². The molecule has 0 amide bonds. The maximum Gasteiger partial charge on any atom is 0.172 e. The molecule has 0 aromatic heterocycles. The van der Waals surface area contributed by atoms with Crippen LogP contribution in [0.1, 0.15) is 58.3 Å². The molecule has 2 aliphatic rings. The highest BCUT2D eigenvalue weighted by Crippen LogP contribution is 2.46. The quantitative estimate of drug-likeness (QED) is 0.575. The maximum atomic E-state index is 2.57. The standard InChI is InChI=1S/C13H23B/c1-2-3-4-11-14-12-7-5-8-13(14)10-6-9-12/h4,11-13H,2-3,5-10H2,1H3/b11-4+. The van der Waals surface area contributed by atoms with Crippen LogP contribution in [0.5, 0.6) is 0 Å². The van der Waals surface area contributed by atoms with Gasteiger partial charge in [-0.25, -0.2) is 0 Å². The Balaban J connectivity index is 1.94. The van der Waals surface area contributed by atoms with Crippen LogP contribution in [-0.4, -0.2) is 6.71 Å². The van der Waals surface area contributed by atoms with Crippen molar-refractivity contribution < 1.29 is 0 Å². The Bertz CT molecular complexity index is 175. The third-order valence-electron chi connectivity index (χ3n) is 4.20. The molecule has 0 unspecified atom stereocenters. The molecule has 0 radical (unpaired) electrons. The van der Waals surface area contributed by atoms with Gasteiger partial charge in [0.1, 0.15) is 0 Å². The first kappa shape index (κ1) is 10.3. The van der Waals surface area contributed by atoms with E-state index in [1.165, 1.54) is 51.4 Å². The summed E-state index contributed by atoms with van der Waals surface area (Å²) in [6.45, 7) is 3.23. The van der Waals surface area contributed by atoms with Crippen LogP contribution in [0.2, 0.25) is 11.6 Å². The number of hydrogen-bond acceptors (Lipinski definition) is 0. The second-order valence-corrected chi connectivity index (χ2v) is 5.18. The first-order valence-corrected chi connectivity index (χ1v) is 6.58. The minimum atomic E-state index is 0.962. The van der Waals surface area contributed by atoms with E-state index in [4.69, 9.17) is 0 Å². The third-order valence-corrected chi connectivity index (χ3v) is 4.20. The lowest BCUT2D eigenvalue weighted by atomic mass is 9.27. The van der Waals surface area contributed by atoms with E-state index in [1.54, 1.807) is 0 Å². The van der Waals surface area contributed by atoms with Crippen molar-refractivity contribution in [3.63, 3.8) is 0 Å². The lowest BCUT2D eigenvalue weighted by molar-refractivity contribution is 0.447. The minimum Gasteiger partial charge on any atom is -0.118 e. The van der Waals surface area contributed by atoms with E-state index in [0.29, 0.717) is 0 Å². The zero-order valence-electron chi connectivity index (χ0n) is 9.54. The van der Waals surface area contributed by atoms with Crippen LogP contribution in [0.25, 0.3) is 0 Å². The van der Waals surface area contributed by atoms with Crippen molar-refractivity contribution in [1.29, 1.82) is 0 Å². The average Bonchev–Trinajstić information content (AvgIpc) is 2.17. The first-order chi connectivity index (χ1) is 6.92. The van der Waals surface area contributed by atoms with Gasteiger partial charge in [-0.1, -0.05) is 69.6 Å². The Labute approximate surface area is 89.2 Å². The number of hydrogen-bond donors (Lipinski definition) is 0. The van der Waals surface area contributed by atoms with E-state index < -0.39 is 0 Å². The van der Waals surface area contributed by atoms with Gasteiger partial charge >= 0.3 is 0 Å². The highest BCUT2D eigenvalue weighted by Gasteiger charge is 2.36. The fourth-order valence-electron chi connectivity index (χ4n) is 3.46. The van der Waals surface area contributed by atoms with E-state index in [9.17, 15) is 0 Å². The molecular formula is C13H23B. The van der Waals surface area contributed by atoms with E-state index in [1.807, 2.05) is 0 Å². The van der Waals surface area contributed by atoms with Crippen LogP contribution in [0.4, 0.5) is 0 Å². The predicted octanol–water partition coefficient (Wildman–Crippen LogP) is 4.48. The van der Waals surface area contributed by atoms with Gasteiger partial charge in [0.15, 0.2) is 6.71 Å². The molecule has 0 spiro atoms. The van der Waals surface area contributed by atoms with Gasteiger partial charge in [0.2, 0.25) is 0 Å². The van der Waals surface area contributed by atoms with Crippen molar-refractivity contribution in [2.45, 2.75) is 69.9 Å². The van der Waals surface area contributed by atoms with Crippen LogP contribution in [0.15, 0.2) is 12.1 Å². The lowest BCUT2D eigenvalue weighted by Crippen LogP contribution is -2.32. The largest absolute Gasteiger partial charge is 0.172 e. The molecule has 0 saturated carbocycles.